The molecule has 1 amide bonds. The van der Waals surface area contributed by atoms with Crippen LogP contribution in [0.3, 0.4) is 0 Å². The molecular formula is C13H17NO4. The van der Waals surface area contributed by atoms with Gasteiger partial charge in [-0.2, -0.15) is 0 Å². The highest BCUT2D eigenvalue weighted by Crippen LogP contribution is 2.09. The predicted octanol–water partition coefficient (Wildman–Crippen LogP) is 0.683. The first-order valence-corrected chi connectivity index (χ1v) is 5.70. The highest BCUT2D eigenvalue weighted by atomic mass is 16.5. The van der Waals surface area contributed by atoms with Gasteiger partial charge in [-0.15, -0.1) is 0 Å². The monoisotopic (exact) mass is 251 g/mol. The van der Waals surface area contributed by atoms with E-state index in [0.717, 1.165) is 0 Å². The van der Waals surface area contributed by atoms with Crippen molar-refractivity contribution in [1.82, 2.24) is 4.90 Å². The van der Waals surface area contributed by atoms with E-state index in [2.05, 4.69) is 4.74 Å². The summed E-state index contributed by atoms with van der Waals surface area (Å²) in [5, 5.41) is 9.23. The number of carbonyl (C=O) groups is 2. The minimum absolute atomic E-state index is 0.303. The zero-order chi connectivity index (χ0) is 13.5. The van der Waals surface area contributed by atoms with Crippen LogP contribution >= 0.6 is 0 Å². The van der Waals surface area contributed by atoms with Crippen LogP contribution in [0.1, 0.15) is 17.3 Å². The molecule has 5 nitrogen and oxygen atoms in total. The topological polar surface area (TPSA) is 66.8 Å². The maximum Gasteiger partial charge on any atom is 0.331 e. The Morgan fingerprint density at radius 2 is 1.94 bits per heavy atom. The lowest BCUT2D eigenvalue weighted by Crippen LogP contribution is -2.47. The minimum Gasteiger partial charge on any atom is -0.467 e. The molecular weight excluding hydrogens is 234 g/mol. The fourth-order valence-electron chi connectivity index (χ4n) is 1.69. The lowest BCUT2D eigenvalue weighted by atomic mass is 10.1. The van der Waals surface area contributed by atoms with Gasteiger partial charge in [-0.25, -0.2) is 4.79 Å². The number of ether oxygens (including phenoxy) is 1. The van der Waals surface area contributed by atoms with Gasteiger partial charge in [-0.3, -0.25) is 4.79 Å². The molecule has 0 aliphatic rings. The van der Waals surface area contributed by atoms with E-state index in [0.29, 0.717) is 12.1 Å². The van der Waals surface area contributed by atoms with Gasteiger partial charge < -0.3 is 14.7 Å². The number of amides is 1. The second-order valence-electron chi connectivity index (χ2n) is 3.68. The molecule has 0 spiro atoms. The molecule has 0 saturated carbocycles. The van der Waals surface area contributed by atoms with Gasteiger partial charge in [0.2, 0.25) is 0 Å². The zero-order valence-corrected chi connectivity index (χ0v) is 10.5. The van der Waals surface area contributed by atoms with Crippen LogP contribution in [0.15, 0.2) is 30.3 Å². The summed E-state index contributed by atoms with van der Waals surface area (Å²) in [6.45, 7) is 1.60. The summed E-state index contributed by atoms with van der Waals surface area (Å²) in [4.78, 5) is 25.0. The molecule has 1 aromatic carbocycles. The van der Waals surface area contributed by atoms with E-state index in [9.17, 15) is 14.7 Å². The van der Waals surface area contributed by atoms with Crippen LogP contribution in [0.25, 0.3) is 0 Å². The van der Waals surface area contributed by atoms with Crippen molar-refractivity contribution in [2.45, 2.75) is 13.0 Å². The first-order chi connectivity index (χ1) is 8.65. The summed E-state index contributed by atoms with van der Waals surface area (Å²) in [5.41, 5.74) is 0.474. The van der Waals surface area contributed by atoms with Crippen molar-refractivity contribution in [3.63, 3.8) is 0 Å². The van der Waals surface area contributed by atoms with Gasteiger partial charge >= 0.3 is 5.97 Å². The summed E-state index contributed by atoms with van der Waals surface area (Å²) in [5.74, 6) is -0.925. The molecule has 1 N–H and O–H groups in total. The highest BCUT2D eigenvalue weighted by molar-refractivity contribution is 5.96. The molecule has 0 radical (unpaired) electrons. The minimum atomic E-state index is -0.965. The first-order valence-electron chi connectivity index (χ1n) is 5.70. The normalized spacial score (nSPS) is 11.7. The molecule has 1 atom stereocenters. The quantitative estimate of drug-likeness (QED) is 0.782. The number of hydrogen-bond donors (Lipinski definition) is 1. The number of aliphatic hydroxyl groups excluding tert-OH is 1. The van der Waals surface area contributed by atoms with Crippen LogP contribution in [-0.2, 0) is 9.53 Å². The fourth-order valence-corrected chi connectivity index (χ4v) is 1.69. The van der Waals surface area contributed by atoms with E-state index in [-0.39, 0.29) is 5.91 Å². The van der Waals surface area contributed by atoms with Gasteiger partial charge in [0.1, 0.15) is 0 Å². The van der Waals surface area contributed by atoms with Crippen LogP contribution in [-0.4, -0.2) is 48.2 Å². The van der Waals surface area contributed by atoms with Crippen molar-refractivity contribution < 1.29 is 19.4 Å². The smallest absolute Gasteiger partial charge is 0.331 e. The third-order valence-corrected chi connectivity index (χ3v) is 2.64. The summed E-state index contributed by atoms with van der Waals surface area (Å²) in [6.07, 6.45) is 0. The number of aliphatic hydroxyl groups is 1. The van der Waals surface area contributed by atoms with E-state index < -0.39 is 18.6 Å². The second kappa shape index (κ2) is 6.76. The largest absolute Gasteiger partial charge is 0.467 e. The summed E-state index contributed by atoms with van der Waals surface area (Å²) in [6, 6.07) is 7.65. The Morgan fingerprint density at radius 3 is 2.39 bits per heavy atom. The molecule has 1 aromatic rings. The predicted molar refractivity (Wildman–Crippen MR) is 66.0 cm³/mol. The molecule has 18 heavy (non-hydrogen) atoms. The lowest BCUT2D eigenvalue weighted by molar-refractivity contribution is -0.147. The van der Waals surface area contributed by atoms with Crippen LogP contribution in [0.4, 0.5) is 0 Å². The van der Waals surface area contributed by atoms with Crippen molar-refractivity contribution in [3.8, 4) is 0 Å². The van der Waals surface area contributed by atoms with Gasteiger partial charge in [-0.1, -0.05) is 18.2 Å². The van der Waals surface area contributed by atoms with E-state index >= 15 is 0 Å². The van der Waals surface area contributed by atoms with Crippen molar-refractivity contribution in [2.75, 3.05) is 20.3 Å². The molecule has 1 unspecified atom stereocenters. The average Bonchev–Trinajstić information content (AvgIpc) is 2.44. The number of carbonyl (C=O) groups excluding carboxylic acids is 2. The summed E-state index contributed by atoms with van der Waals surface area (Å²) >= 11 is 0. The van der Waals surface area contributed by atoms with Gasteiger partial charge in [0.25, 0.3) is 5.91 Å². The fraction of sp³-hybridized carbons (Fsp3) is 0.385. The first kappa shape index (κ1) is 14.2. The zero-order valence-electron chi connectivity index (χ0n) is 10.5. The van der Waals surface area contributed by atoms with Crippen molar-refractivity contribution in [2.24, 2.45) is 0 Å². The molecule has 0 bridgehead atoms. The Bertz CT molecular complexity index is 405. The second-order valence-corrected chi connectivity index (χ2v) is 3.68. The Morgan fingerprint density at radius 1 is 1.33 bits per heavy atom. The third kappa shape index (κ3) is 3.07. The average molecular weight is 251 g/mol. The van der Waals surface area contributed by atoms with Gasteiger partial charge in [0.15, 0.2) is 6.04 Å². The number of nitrogens with zero attached hydrogens (tertiary/aromatic N) is 1. The number of benzene rings is 1. The van der Waals surface area contributed by atoms with E-state index in [1.807, 2.05) is 0 Å². The molecule has 0 fully saturated rings. The van der Waals surface area contributed by atoms with Crippen LogP contribution in [0.5, 0.6) is 0 Å². The van der Waals surface area contributed by atoms with Gasteiger partial charge in [-0.05, 0) is 19.1 Å². The Kier molecular flexibility index (Phi) is 5.32. The SMILES string of the molecule is CCN(C(=O)c1ccccc1)C(CO)C(=O)OC. The lowest BCUT2D eigenvalue weighted by Gasteiger charge is -2.27. The summed E-state index contributed by atoms with van der Waals surface area (Å²) < 4.78 is 4.58. The molecule has 98 valence electrons. The molecule has 0 heterocycles. The molecule has 0 aliphatic heterocycles. The van der Waals surface area contributed by atoms with E-state index in [4.69, 9.17) is 0 Å². The number of rotatable bonds is 5. The molecule has 1 rings (SSSR count). The van der Waals surface area contributed by atoms with Crippen molar-refractivity contribution in [1.29, 1.82) is 0 Å². The van der Waals surface area contributed by atoms with Crippen LogP contribution in [0.2, 0.25) is 0 Å². The molecule has 0 aromatic heterocycles. The van der Waals surface area contributed by atoms with Crippen LogP contribution < -0.4 is 0 Å². The maximum absolute atomic E-state index is 12.2. The number of likely N-dealkylation sites (N-methyl/N-ethyl adjacent to an activating group) is 1. The van der Waals surface area contributed by atoms with E-state index in [1.165, 1.54) is 12.0 Å². The Hall–Kier alpha value is -1.88. The van der Waals surface area contributed by atoms with Crippen LogP contribution in [0, 0.1) is 0 Å². The van der Waals surface area contributed by atoms with E-state index in [1.54, 1.807) is 37.3 Å². The number of methoxy groups -OCH3 is 1. The Balaban J connectivity index is 2.95. The molecule has 0 aliphatic carbocycles. The van der Waals surface area contributed by atoms with Crippen molar-refractivity contribution >= 4 is 11.9 Å². The molecule has 0 saturated heterocycles. The Labute approximate surface area is 106 Å². The standard InChI is InChI=1S/C13H17NO4/c1-3-14(11(9-15)13(17)18-2)12(16)10-7-5-4-6-8-10/h4-8,11,15H,3,9H2,1-2H3. The number of hydrogen-bond acceptors (Lipinski definition) is 4. The maximum atomic E-state index is 12.2. The summed E-state index contributed by atoms with van der Waals surface area (Å²) in [7, 11) is 1.23. The highest BCUT2D eigenvalue weighted by Gasteiger charge is 2.29. The van der Waals surface area contributed by atoms with Gasteiger partial charge in [0.05, 0.1) is 13.7 Å². The van der Waals surface area contributed by atoms with Gasteiger partial charge in [0, 0.05) is 12.1 Å². The number of esters is 1. The van der Waals surface area contributed by atoms with Crippen molar-refractivity contribution in [3.05, 3.63) is 35.9 Å². The molecule has 5 heteroatoms. The third-order valence-electron chi connectivity index (χ3n) is 2.64.